The van der Waals surface area contributed by atoms with E-state index in [1.54, 1.807) is 12.1 Å². The van der Waals surface area contributed by atoms with E-state index in [9.17, 15) is 9.90 Å². The minimum atomic E-state index is -0.927. The number of rotatable bonds is 19. The average molecular weight is 545 g/mol. The van der Waals surface area contributed by atoms with Crippen molar-refractivity contribution >= 4 is 5.97 Å². The molecule has 4 heteroatoms. The van der Waals surface area contributed by atoms with Crippen molar-refractivity contribution in [1.82, 2.24) is 0 Å². The molecule has 0 fully saturated rings. The van der Waals surface area contributed by atoms with Crippen LogP contribution in [0.1, 0.15) is 107 Å². The first-order valence-electron chi connectivity index (χ1n) is 15.3. The van der Waals surface area contributed by atoms with Crippen LogP contribution in [0, 0.1) is 0 Å². The van der Waals surface area contributed by atoms with Gasteiger partial charge in [0.15, 0.2) is 0 Å². The highest BCUT2D eigenvalue weighted by molar-refractivity contribution is 5.93. The summed E-state index contributed by atoms with van der Waals surface area (Å²) in [4.78, 5) is 11.8. The number of carboxylic acids is 1. The van der Waals surface area contributed by atoms with E-state index in [2.05, 4.69) is 57.2 Å². The van der Waals surface area contributed by atoms with E-state index in [1.807, 2.05) is 18.2 Å². The molecule has 1 atom stereocenters. The van der Waals surface area contributed by atoms with Gasteiger partial charge in [0.05, 0.1) is 18.3 Å². The fraction of sp³-hybridized carbons (Fsp3) is 0.472. The molecule has 0 amide bonds. The van der Waals surface area contributed by atoms with Crippen LogP contribution in [0.5, 0.6) is 5.75 Å². The van der Waals surface area contributed by atoms with Crippen LogP contribution < -0.4 is 4.74 Å². The van der Waals surface area contributed by atoms with Gasteiger partial charge in [0.25, 0.3) is 0 Å². The molecule has 0 aromatic heterocycles. The summed E-state index contributed by atoms with van der Waals surface area (Å²) >= 11 is 0. The van der Waals surface area contributed by atoms with Gasteiger partial charge in [0.2, 0.25) is 0 Å². The standard InChI is InChI=1S/C36H48O4/c1-4-6-8-10-11-12-14-28(3)40-33-22-19-30(20-23-33)34-24-21-32(36(37)38)26-35(34)31-17-15-29(16-18-31)27-39-25-13-9-7-5-2/h15-24,26,28H,4-14,25,27H2,1-3H3,(H,37,38)/t28-/m1/s1. The number of ether oxygens (including phenoxy) is 2. The van der Waals surface area contributed by atoms with E-state index in [-0.39, 0.29) is 11.7 Å². The van der Waals surface area contributed by atoms with Crippen LogP contribution in [-0.2, 0) is 11.3 Å². The number of carbonyl (C=O) groups is 1. The molecule has 0 aliphatic rings. The lowest BCUT2D eigenvalue weighted by atomic mass is 9.92. The summed E-state index contributed by atoms with van der Waals surface area (Å²) in [6, 6.07) is 21.8. The number of hydrogen-bond donors (Lipinski definition) is 1. The second kappa shape index (κ2) is 17.6. The first kappa shape index (κ1) is 31.4. The number of carboxylic acid groups (broad SMARTS) is 1. The molecule has 3 aromatic carbocycles. The van der Waals surface area contributed by atoms with Crippen LogP contribution in [0.15, 0.2) is 66.7 Å². The molecule has 1 N–H and O–H groups in total. The van der Waals surface area contributed by atoms with Crippen LogP contribution in [0.3, 0.4) is 0 Å². The maximum atomic E-state index is 11.8. The zero-order valence-electron chi connectivity index (χ0n) is 24.8. The Hall–Kier alpha value is -3.11. The smallest absolute Gasteiger partial charge is 0.335 e. The quantitative estimate of drug-likeness (QED) is 0.153. The largest absolute Gasteiger partial charge is 0.491 e. The van der Waals surface area contributed by atoms with E-state index in [0.29, 0.717) is 6.61 Å². The monoisotopic (exact) mass is 544 g/mol. The number of benzene rings is 3. The second-order valence-electron chi connectivity index (χ2n) is 10.9. The van der Waals surface area contributed by atoms with Gasteiger partial charge in [-0.3, -0.25) is 0 Å². The summed E-state index contributed by atoms with van der Waals surface area (Å²) in [5.41, 5.74) is 5.31. The van der Waals surface area contributed by atoms with Crippen molar-refractivity contribution in [3.8, 4) is 28.0 Å². The predicted octanol–water partition coefficient (Wildman–Crippen LogP) is 10.3. The van der Waals surface area contributed by atoms with Gasteiger partial charge in [-0.2, -0.15) is 0 Å². The third-order valence-electron chi connectivity index (χ3n) is 7.41. The van der Waals surface area contributed by atoms with Crippen molar-refractivity contribution in [2.75, 3.05) is 6.61 Å². The molecule has 0 aliphatic carbocycles. The fourth-order valence-electron chi connectivity index (χ4n) is 4.99. The Labute approximate surface area is 241 Å². The lowest BCUT2D eigenvalue weighted by molar-refractivity contribution is 0.0697. The van der Waals surface area contributed by atoms with Gasteiger partial charge in [-0.05, 0) is 78.3 Å². The maximum absolute atomic E-state index is 11.8. The predicted molar refractivity (Wildman–Crippen MR) is 166 cm³/mol. The molecule has 0 saturated carbocycles. The lowest BCUT2D eigenvalue weighted by Crippen LogP contribution is -2.11. The molecule has 4 nitrogen and oxygen atoms in total. The maximum Gasteiger partial charge on any atom is 0.335 e. The van der Waals surface area contributed by atoms with Gasteiger partial charge >= 0.3 is 5.97 Å². The zero-order chi connectivity index (χ0) is 28.6. The van der Waals surface area contributed by atoms with E-state index in [4.69, 9.17) is 9.47 Å². The normalized spacial score (nSPS) is 11.9. The van der Waals surface area contributed by atoms with E-state index in [1.165, 1.54) is 57.8 Å². The summed E-state index contributed by atoms with van der Waals surface area (Å²) in [5.74, 6) is -0.0611. The molecule has 0 bridgehead atoms. The number of unbranched alkanes of at least 4 members (excludes halogenated alkanes) is 8. The number of aromatic carboxylic acids is 1. The fourth-order valence-corrected chi connectivity index (χ4v) is 4.99. The highest BCUT2D eigenvalue weighted by Gasteiger charge is 2.13. The van der Waals surface area contributed by atoms with Gasteiger partial charge in [-0.1, -0.05) is 108 Å². The van der Waals surface area contributed by atoms with Crippen molar-refractivity contribution in [3.05, 3.63) is 77.9 Å². The molecule has 0 aliphatic heterocycles. The minimum absolute atomic E-state index is 0.182. The Bertz CT molecular complexity index is 1130. The van der Waals surface area contributed by atoms with Crippen LogP contribution >= 0.6 is 0 Å². The van der Waals surface area contributed by atoms with Crippen molar-refractivity contribution in [2.45, 2.75) is 104 Å². The molecular formula is C36H48O4. The van der Waals surface area contributed by atoms with E-state index >= 15 is 0 Å². The van der Waals surface area contributed by atoms with Gasteiger partial charge in [-0.15, -0.1) is 0 Å². The molecule has 3 aromatic rings. The first-order valence-corrected chi connectivity index (χ1v) is 15.3. The number of hydrogen-bond acceptors (Lipinski definition) is 3. The molecule has 0 saturated heterocycles. The van der Waals surface area contributed by atoms with Gasteiger partial charge in [-0.25, -0.2) is 4.79 Å². The Morgan fingerprint density at radius 3 is 2.00 bits per heavy atom. The minimum Gasteiger partial charge on any atom is -0.491 e. The topological polar surface area (TPSA) is 55.8 Å². The molecule has 0 spiro atoms. The van der Waals surface area contributed by atoms with E-state index in [0.717, 1.165) is 53.0 Å². The lowest BCUT2D eigenvalue weighted by Gasteiger charge is -2.16. The summed E-state index contributed by atoms with van der Waals surface area (Å²) in [6.07, 6.45) is 13.8. The molecular weight excluding hydrogens is 496 g/mol. The van der Waals surface area contributed by atoms with Crippen LogP contribution in [0.4, 0.5) is 0 Å². The highest BCUT2D eigenvalue weighted by atomic mass is 16.5. The summed E-state index contributed by atoms with van der Waals surface area (Å²) < 4.78 is 12.0. The first-order chi connectivity index (χ1) is 19.5. The summed E-state index contributed by atoms with van der Waals surface area (Å²) in [7, 11) is 0. The van der Waals surface area contributed by atoms with Crippen LogP contribution in [0.2, 0.25) is 0 Å². The van der Waals surface area contributed by atoms with Gasteiger partial charge in [0.1, 0.15) is 5.75 Å². The average Bonchev–Trinajstić information content (AvgIpc) is 2.97. The Kier molecular flexibility index (Phi) is 13.8. The molecule has 0 radical (unpaired) electrons. The van der Waals surface area contributed by atoms with Crippen LogP contribution in [-0.4, -0.2) is 23.8 Å². The third-order valence-corrected chi connectivity index (χ3v) is 7.41. The van der Waals surface area contributed by atoms with E-state index < -0.39 is 5.97 Å². The molecule has 40 heavy (non-hydrogen) atoms. The zero-order valence-corrected chi connectivity index (χ0v) is 24.8. The second-order valence-corrected chi connectivity index (χ2v) is 10.9. The SMILES string of the molecule is CCCCCCCC[C@@H](C)Oc1ccc(-c2ccc(C(=O)O)cc2-c2ccc(COCCCCCC)cc2)cc1. The summed E-state index contributed by atoms with van der Waals surface area (Å²) in [5, 5.41) is 9.64. The van der Waals surface area contributed by atoms with Crippen molar-refractivity contribution < 1.29 is 19.4 Å². The molecule has 0 unspecified atom stereocenters. The third kappa shape index (κ3) is 10.5. The van der Waals surface area contributed by atoms with Gasteiger partial charge < -0.3 is 14.6 Å². The van der Waals surface area contributed by atoms with Crippen molar-refractivity contribution in [1.29, 1.82) is 0 Å². The Morgan fingerprint density at radius 2 is 1.32 bits per heavy atom. The summed E-state index contributed by atoms with van der Waals surface area (Å²) in [6.45, 7) is 7.97. The van der Waals surface area contributed by atoms with Gasteiger partial charge in [0, 0.05) is 6.61 Å². The molecule has 0 heterocycles. The van der Waals surface area contributed by atoms with Crippen molar-refractivity contribution in [3.63, 3.8) is 0 Å². The Balaban J connectivity index is 1.66. The van der Waals surface area contributed by atoms with Crippen molar-refractivity contribution in [2.24, 2.45) is 0 Å². The highest BCUT2D eigenvalue weighted by Crippen LogP contribution is 2.34. The van der Waals surface area contributed by atoms with Crippen LogP contribution in [0.25, 0.3) is 22.3 Å². The Morgan fingerprint density at radius 1 is 0.725 bits per heavy atom. The molecule has 216 valence electrons. The molecule has 3 rings (SSSR count).